The molecular weight excluding hydrogens is 286 g/mol. The van der Waals surface area contributed by atoms with Gasteiger partial charge in [0, 0.05) is 18.3 Å². The third-order valence-electron chi connectivity index (χ3n) is 3.97. The number of amides is 1. The van der Waals surface area contributed by atoms with Gasteiger partial charge in [-0.2, -0.15) is 0 Å². The lowest BCUT2D eigenvalue weighted by Crippen LogP contribution is -2.27. The van der Waals surface area contributed by atoms with Crippen LogP contribution in [0.1, 0.15) is 31.2 Å². The van der Waals surface area contributed by atoms with E-state index in [4.69, 9.17) is 16.3 Å². The van der Waals surface area contributed by atoms with Crippen molar-refractivity contribution < 1.29 is 9.53 Å². The van der Waals surface area contributed by atoms with Gasteiger partial charge in [-0.15, -0.1) is 11.6 Å². The number of hydrogen-bond acceptors (Lipinski definition) is 2. The Labute approximate surface area is 131 Å². The monoisotopic (exact) mass is 307 g/mol. The molecule has 0 saturated heterocycles. The summed E-state index contributed by atoms with van der Waals surface area (Å²) in [5.41, 5.74) is 2.17. The first-order chi connectivity index (χ1) is 10.1. The molecule has 0 spiro atoms. The number of ether oxygens (including phenoxy) is 1. The Hall–Kier alpha value is -1.48. The van der Waals surface area contributed by atoms with Crippen LogP contribution in [0.5, 0.6) is 5.75 Å². The van der Waals surface area contributed by atoms with Crippen molar-refractivity contribution in [3.63, 3.8) is 0 Å². The molecule has 0 aliphatic heterocycles. The Morgan fingerprint density at radius 3 is 2.71 bits per heavy atom. The van der Waals surface area contributed by atoms with Crippen molar-refractivity contribution in [3.05, 3.63) is 42.0 Å². The highest BCUT2D eigenvalue weighted by molar-refractivity contribution is 6.20. The third-order valence-corrected chi connectivity index (χ3v) is 4.34. The number of hydrogen-bond donors (Lipinski definition) is 1. The molecule has 1 saturated carbocycles. The normalized spacial score (nSPS) is 21.9. The molecule has 1 aliphatic carbocycles. The molecule has 1 amide bonds. The molecule has 2 unspecified atom stereocenters. The molecule has 2 atom stereocenters. The number of benzene rings is 1. The molecular formula is C17H22ClNO2. The van der Waals surface area contributed by atoms with Crippen LogP contribution < -0.4 is 10.1 Å². The highest BCUT2D eigenvalue weighted by Crippen LogP contribution is 2.33. The molecule has 1 fully saturated rings. The third kappa shape index (κ3) is 4.78. The Morgan fingerprint density at radius 2 is 2.10 bits per heavy atom. The second kappa shape index (κ2) is 7.51. The van der Waals surface area contributed by atoms with Crippen molar-refractivity contribution in [1.82, 2.24) is 5.32 Å². The van der Waals surface area contributed by atoms with Gasteiger partial charge in [-0.25, -0.2) is 0 Å². The molecule has 0 heterocycles. The lowest BCUT2D eigenvalue weighted by molar-refractivity contribution is -0.122. The van der Waals surface area contributed by atoms with E-state index >= 15 is 0 Å². The molecule has 2 rings (SSSR count). The summed E-state index contributed by atoms with van der Waals surface area (Å²) in [6.45, 7) is 4.60. The quantitative estimate of drug-likeness (QED) is 0.666. The predicted molar refractivity (Wildman–Crippen MR) is 85.6 cm³/mol. The van der Waals surface area contributed by atoms with Crippen LogP contribution in [0.3, 0.4) is 0 Å². The summed E-state index contributed by atoms with van der Waals surface area (Å²) < 4.78 is 5.11. The largest absolute Gasteiger partial charge is 0.497 e. The Balaban J connectivity index is 1.77. The van der Waals surface area contributed by atoms with Gasteiger partial charge < -0.3 is 10.1 Å². The average Bonchev–Trinajstić information content (AvgIpc) is 2.48. The molecule has 0 radical (unpaired) electrons. The number of carbonyl (C=O) groups is 1. The summed E-state index contributed by atoms with van der Waals surface area (Å²) in [7, 11) is 1.64. The van der Waals surface area contributed by atoms with Gasteiger partial charge in [0.15, 0.2) is 0 Å². The second-order valence-electron chi connectivity index (χ2n) is 5.56. The van der Waals surface area contributed by atoms with Crippen LogP contribution in [-0.2, 0) is 11.3 Å². The van der Waals surface area contributed by atoms with E-state index < -0.39 is 0 Å². The molecule has 1 aromatic carbocycles. The molecule has 1 aromatic rings. The predicted octanol–water partition coefficient (Wildman–Crippen LogP) is 3.67. The van der Waals surface area contributed by atoms with Gasteiger partial charge in [-0.05, 0) is 42.9 Å². The molecule has 114 valence electrons. The zero-order valence-electron chi connectivity index (χ0n) is 12.4. The SMILES string of the molecule is C=C1CC(Cl)CCC1CC(=O)NCc1ccc(OC)cc1. The lowest BCUT2D eigenvalue weighted by atomic mass is 9.83. The summed E-state index contributed by atoms with van der Waals surface area (Å²) >= 11 is 6.11. The van der Waals surface area contributed by atoms with Crippen molar-refractivity contribution in [2.75, 3.05) is 7.11 Å². The topological polar surface area (TPSA) is 38.3 Å². The molecule has 1 aliphatic rings. The minimum atomic E-state index is 0.0741. The number of nitrogens with one attached hydrogen (secondary N) is 1. The number of alkyl halides is 1. The number of allylic oxidation sites excluding steroid dienone is 1. The van der Waals surface area contributed by atoms with Crippen LogP contribution in [0, 0.1) is 5.92 Å². The van der Waals surface area contributed by atoms with Gasteiger partial charge in [0.2, 0.25) is 5.91 Å². The van der Waals surface area contributed by atoms with Gasteiger partial charge in [0.05, 0.1) is 7.11 Å². The van der Waals surface area contributed by atoms with Gasteiger partial charge in [0.1, 0.15) is 5.75 Å². The van der Waals surface area contributed by atoms with Gasteiger partial charge in [0.25, 0.3) is 0 Å². The van der Waals surface area contributed by atoms with Crippen molar-refractivity contribution >= 4 is 17.5 Å². The zero-order chi connectivity index (χ0) is 15.2. The number of rotatable bonds is 5. The zero-order valence-corrected chi connectivity index (χ0v) is 13.2. The van der Waals surface area contributed by atoms with Crippen molar-refractivity contribution in [2.24, 2.45) is 5.92 Å². The second-order valence-corrected chi connectivity index (χ2v) is 6.18. The first kappa shape index (κ1) is 15.9. The molecule has 1 N–H and O–H groups in total. The minimum absolute atomic E-state index is 0.0741. The highest BCUT2D eigenvalue weighted by atomic mass is 35.5. The van der Waals surface area contributed by atoms with Crippen LogP contribution in [0.4, 0.5) is 0 Å². The van der Waals surface area contributed by atoms with Crippen LogP contribution in [0.25, 0.3) is 0 Å². The number of carbonyl (C=O) groups excluding carboxylic acids is 1. The van der Waals surface area contributed by atoms with Crippen molar-refractivity contribution in [2.45, 2.75) is 37.6 Å². The molecule has 4 heteroatoms. The summed E-state index contributed by atoms with van der Waals surface area (Å²) in [6.07, 6.45) is 3.27. The lowest BCUT2D eigenvalue weighted by Gasteiger charge is -2.27. The van der Waals surface area contributed by atoms with Crippen molar-refractivity contribution in [1.29, 1.82) is 0 Å². The Morgan fingerprint density at radius 1 is 1.38 bits per heavy atom. The summed E-state index contributed by atoms with van der Waals surface area (Å²) in [5.74, 6) is 1.17. The average molecular weight is 308 g/mol. The van der Waals surface area contributed by atoms with Crippen LogP contribution in [-0.4, -0.2) is 18.4 Å². The van der Waals surface area contributed by atoms with E-state index in [1.54, 1.807) is 7.11 Å². The fourth-order valence-electron chi connectivity index (χ4n) is 2.63. The molecule has 21 heavy (non-hydrogen) atoms. The maximum atomic E-state index is 12.0. The number of halogens is 1. The van der Waals surface area contributed by atoms with Gasteiger partial charge >= 0.3 is 0 Å². The Kier molecular flexibility index (Phi) is 5.68. The van der Waals surface area contributed by atoms with Gasteiger partial charge in [-0.1, -0.05) is 24.3 Å². The van der Waals surface area contributed by atoms with E-state index in [0.717, 1.165) is 36.1 Å². The highest BCUT2D eigenvalue weighted by Gasteiger charge is 2.24. The van der Waals surface area contributed by atoms with E-state index in [2.05, 4.69) is 11.9 Å². The first-order valence-electron chi connectivity index (χ1n) is 7.30. The standard InChI is InChI=1S/C17H22ClNO2/c1-12-9-15(18)6-5-14(12)10-17(20)19-11-13-3-7-16(21-2)8-4-13/h3-4,7-8,14-15H,1,5-6,9-11H2,2H3,(H,19,20). The molecule has 3 nitrogen and oxygen atoms in total. The smallest absolute Gasteiger partial charge is 0.220 e. The van der Waals surface area contributed by atoms with E-state index in [0.29, 0.717) is 13.0 Å². The summed E-state index contributed by atoms with van der Waals surface area (Å²) in [4.78, 5) is 12.0. The Bertz CT molecular complexity index is 498. The minimum Gasteiger partial charge on any atom is -0.497 e. The maximum absolute atomic E-state index is 12.0. The molecule has 0 bridgehead atoms. The summed E-state index contributed by atoms with van der Waals surface area (Å²) in [6, 6.07) is 7.70. The van der Waals surface area contributed by atoms with E-state index in [1.165, 1.54) is 0 Å². The fourth-order valence-corrected chi connectivity index (χ4v) is 2.95. The van der Waals surface area contributed by atoms with Crippen LogP contribution >= 0.6 is 11.6 Å². The number of methoxy groups -OCH3 is 1. The maximum Gasteiger partial charge on any atom is 0.220 e. The first-order valence-corrected chi connectivity index (χ1v) is 7.73. The van der Waals surface area contributed by atoms with Gasteiger partial charge in [-0.3, -0.25) is 4.79 Å². The fraction of sp³-hybridized carbons (Fsp3) is 0.471. The summed E-state index contributed by atoms with van der Waals surface area (Å²) in [5, 5.41) is 3.15. The van der Waals surface area contributed by atoms with Crippen LogP contribution in [0.2, 0.25) is 0 Å². The van der Waals surface area contributed by atoms with Crippen LogP contribution in [0.15, 0.2) is 36.4 Å². The van der Waals surface area contributed by atoms with Crippen molar-refractivity contribution in [3.8, 4) is 5.75 Å². The molecule has 0 aromatic heterocycles. The van der Waals surface area contributed by atoms with E-state index in [-0.39, 0.29) is 17.2 Å². The van der Waals surface area contributed by atoms with E-state index in [1.807, 2.05) is 24.3 Å². The van der Waals surface area contributed by atoms with E-state index in [9.17, 15) is 4.79 Å².